The van der Waals surface area contributed by atoms with E-state index in [1.54, 1.807) is 0 Å². The van der Waals surface area contributed by atoms with E-state index in [9.17, 15) is 19.2 Å². The van der Waals surface area contributed by atoms with Crippen LogP contribution in [0.2, 0.25) is 0 Å². The molecule has 4 aromatic carbocycles. The fourth-order valence-corrected chi connectivity index (χ4v) is 8.08. The van der Waals surface area contributed by atoms with Gasteiger partial charge in [-0.2, -0.15) is 0 Å². The Morgan fingerprint density at radius 2 is 0.900 bits per heavy atom. The lowest BCUT2D eigenvalue weighted by molar-refractivity contribution is 0.0589. The van der Waals surface area contributed by atoms with Gasteiger partial charge in [0.2, 0.25) is 0 Å². The van der Waals surface area contributed by atoms with Crippen LogP contribution in [0.15, 0.2) is 57.5 Å². The normalized spacial score (nSPS) is 14.6. The number of rotatable bonds is 8. The first-order valence-electron chi connectivity index (χ1n) is 17.0. The molecule has 8 nitrogen and oxygen atoms in total. The summed E-state index contributed by atoms with van der Waals surface area (Å²) in [6.45, 7) is 17.0. The number of nitrogens with zero attached hydrogens (tertiary/aromatic N) is 2. The molecule has 4 amide bonds. The van der Waals surface area contributed by atoms with E-state index in [1.807, 2.05) is 62.4 Å². The van der Waals surface area contributed by atoms with Gasteiger partial charge in [-0.05, 0) is 90.9 Å². The lowest BCUT2D eigenvalue weighted by Crippen LogP contribution is -2.44. The second-order valence-electron chi connectivity index (χ2n) is 15.1. The van der Waals surface area contributed by atoms with E-state index in [1.165, 1.54) is 9.80 Å². The van der Waals surface area contributed by atoms with Gasteiger partial charge in [-0.1, -0.05) is 79.7 Å². The molecule has 2 aliphatic rings. The largest absolute Gasteiger partial charge is 0.354 e. The molecule has 50 heavy (non-hydrogen) atoms. The highest BCUT2D eigenvalue weighted by atomic mass is 79.9. The summed E-state index contributed by atoms with van der Waals surface area (Å²) in [5, 5.41) is 7.53. The van der Waals surface area contributed by atoms with Gasteiger partial charge in [0.1, 0.15) is 0 Å². The third-order valence-electron chi connectivity index (χ3n) is 9.35. The number of benzene rings is 4. The molecule has 0 spiro atoms. The summed E-state index contributed by atoms with van der Waals surface area (Å²) in [7, 11) is 0. The number of anilines is 4. The molecule has 10 heteroatoms. The summed E-state index contributed by atoms with van der Waals surface area (Å²) in [5.74, 6) is -1.95. The van der Waals surface area contributed by atoms with Gasteiger partial charge in [0.15, 0.2) is 0 Å². The van der Waals surface area contributed by atoms with E-state index < -0.39 is 23.6 Å². The number of hydrogen-bond donors (Lipinski definition) is 2. The molecular weight excluding hydrogens is 760 g/mol. The molecule has 2 aliphatic heterocycles. The van der Waals surface area contributed by atoms with Crippen LogP contribution in [-0.2, 0) is 10.8 Å². The zero-order valence-electron chi connectivity index (χ0n) is 29.7. The standard InChI is InChI=1S/C40H42Br2N4O4/c1-9-17-45-35(47)27-25-26-29(33(31(27)41)43-23-15-11-13-21(19-23)39(3,4)5)37(49)46(18-10-2)38(50)30(26)34(32(42)28(25)36(45)48)44-24-16-12-14-22(20-24)40(6,7)8/h11-16,19-20,43-44H,9-10,17-18H2,1-8H3. The SMILES string of the molecule is CCCN1C(=O)c2c(Br)c(Nc3cccc(C(C)(C)C)c3)c3c4c(c(Nc5cccc(C(C)(C)C)c5)c(Br)c(c24)C1=O)C(=O)N(CCC)C3=O. The Morgan fingerprint density at radius 3 is 1.24 bits per heavy atom. The topological polar surface area (TPSA) is 98.8 Å². The Hall–Kier alpha value is -4.02. The molecule has 0 radical (unpaired) electrons. The maximum Gasteiger partial charge on any atom is 0.263 e. The van der Waals surface area contributed by atoms with Gasteiger partial charge < -0.3 is 10.6 Å². The van der Waals surface area contributed by atoms with Crippen molar-refractivity contribution in [1.82, 2.24) is 9.80 Å². The van der Waals surface area contributed by atoms with Crippen molar-refractivity contribution < 1.29 is 19.2 Å². The minimum absolute atomic E-state index is 0.144. The van der Waals surface area contributed by atoms with Crippen molar-refractivity contribution in [2.24, 2.45) is 0 Å². The van der Waals surface area contributed by atoms with Crippen molar-refractivity contribution in [2.75, 3.05) is 23.7 Å². The van der Waals surface area contributed by atoms with Crippen molar-refractivity contribution in [3.05, 3.63) is 90.9 Å². The van der Waals surface area contributed by atoms with E-state index in [0.29, 0.717) is 44.5 Å². The maximum atomic E-state index is 14.6. The highest BCUT2D eigenvalue weighted by Gasteiger charge is 2.45. The third-order valence-corrected chi connectivity index (χ3v) is 10.9. The van der Waals surface area contributed by atoms with Crippen molar-refractivity contribution in [1.29, 1.82) is 0 Å². The predicted molar refractivity (Wildman–Crippen MR) is 208 cm³/mol. The molecule has 0 aliphatic carbocycles. The lowest BCUT2D eigenvalue weighted by Gasteiger charge is -2.36. The Morgan fingerprint density at radius 1 is 0.560 bits per heavy atom. The first-order valence-corrected chi connectivity index (χ1v) is 18.6. The van der Waals surface area contributed by atoms with Crippen LogP contribution in [0.25, 0.3) is 10.8 Å². The van der Waals surface area contributed by atoms with Gasteiger partial charge in [0, 0.05) is 35.2 Å². The Bertz CT molecular complexity index is 1990. The summed E-state index contributed by atoms with van der Waals surface area (Å²) >= 11 is 7.48. The Kier molecular flexibility index (Phi) is 9.27. The van der Waals surface area contributed by atoms with Gasteiger partial charge in [-0.15, -0.1) is 0 Å². The molecule has 0 saturated heterocycles. The van der Waals surface area contributed by atoms with Crippen LogP contribution >= 0.6 is 31.9 Å². The number of carbonyl (C=O) groups excluding carboxylic acids is 4. The number of imide groups is 2. The molecule has 2 N–H and O–H groups in total. The fourth-order valence-electron chi connectivity index (χ4n) is 6.75. The molecule has 0 atom stereocenters. The van der Waals surface area contributed by atoms with Gasteiger partial charge in [0.05, 0.1) is 42.6 Å². The quantitative estimate of drug-likeness (QED) is 0.172. The van der Waals surface area contributed by atoms with Gasteiger partial charge >= 0.3 is 0 Å². The van der Waals surface area contributed by atoms with E-state index >= 15 is 0 Å². The van der Waals surface area contributed by atoms with Crippen molar-refractivity contribution >= 4 is 89.0 Å². The first kappa shape index (κ1) is 35.8. The molecule has 0 saturated carbocycles. The molecule has 260 valence electrons. The number of nitrogens with one attached hydrogen (secondary N) is 2. The Labute approximate surface area is 310 Å². The fraction of sp³-hybridized carbons (Fsp3) is 0.350. The molecule has 0 unspecified atom stereocenters. The van der Waals surface area contributed by atoms with E-state index in [-0.39, 0.29) is 56.9 Å². The van der Waals surface area contributed by atoms with Crippen molar-refractivity contribution in [3.63, 3.8) is 0 Å². The molecular formula is C40H42Br2N4O4. The minimum atomic E-state index is -0.490. The molecule has 0 bridgehead atoms. The van der Waals surface area contributed by atoms with Crippen LogP contribution in [0.1, 0.15) is 121 Å². The van der Waals surface area contributed by atoms with Crippen molar-refractivity contribution in [2.45, 2.75) is 79.1 Å². The van der Waals surface area contributed by atoms with Crippen molar-refractivity contribution in [3.8, 4) is 0 Å². The second-order valence-corrected chi connectivity index (χ2v) is 16.6. The summed E-state index contributed by atoms with van der Waals surface area (Å²) in [6, 6.07) is 15.9. The maximum absolute atomic E-state index is 14.6. The number of hydrogen-bond acceptors (Lipinski definition) is 6. The number of carbonyl (C=O) groups is 4. The molecule has 6 rings (SSSR count). The van der Waals surface area contributed by atoms with E-state index in [0.717, 1.165) is 11.1 Å². The smallest absolute Gasteiger partial charge is 0.263 e. The molecule has 4 aromatic rings. The first-order chi connectivity index (χ1) is 23.5. The average molecular weight is 803 g/mol. The van der Waals surface area contributed by atoms with Crippen LogP contribution in [0.5, 0.6) is 0 Å². The minimum Gasteiger partial charge on any atom is -0.354 e. The van der Waals surface area contributed by atoms with Gasteiger partial charge in [-0.3, -0.25) is 29.0 Å². The number of halogens is 2. The van der Waals surface area contributed by atoms with E-state index in [2.05, 4.69) is 84.0 Å². The molecule has 2 heterocycles. The Balaban J connectivity index is 1.75. The summed E-state index contributed by atoms with van der Waals surface area (Å²) in [4.78, 5) is 60.4. The molecule has 0 aromatic heterocycles. The van der Waals surface area contributed by atoms with E-state index in [4.69, 9.17) is 0 Å². The number of amides is 4. The zero-order valence-corrected chi connectivity index (χ0v) is 32.9. The van der Waals surface area contributed by atoms with Gasteiger partial charge in [-0.25, -0.2) is 0 Å². The average Bonchev–Trinajstić information content (AvgIpc) is 3.05. The lowest BCUT2D eigenvalue weighted by atomic mass is 9.83. The van der Waals surface area contributed by atoms with Crippen LogP contribution in [0.4, 0.5) is 22.7 Å². The summed E-state index contributed by atoms with van der Waals surface area (Å²) in [6.07, 6.45) is 1.10. The second kappa shape index (κ2) is 12.9. The monoisotopic (exact) mass is 800 g/mol. The predicted octanol–water partition coefficient (Wildman–Crippen LogP) is 10.5. The van der Waals surface area contributed by atoms with Gasteiger partial charge in [0.25, 0.3) is 23.6 Å². The van der Waals surface area contributed by atoms with Crippen LogP contribution in [0, 0.1) is 0 Å². The summed E-state index contributed by atoms with van der Waals surface area (Å²) < 4.78 is 0.716. The van der Waals surface area contributed by atoms with Crippen LogP contribution in [-0.4, -0.2) is 46.5 Å². The summed E-state index contributed by atoms with van der Waals surface area (Å²) in [5.41, 5.74) is 4.95. The zero-order chi connectivity index (χ0) is 36.4. The molecule has 0 fully saturated rings. The van der Waals surface area contributed by atoms with Crippen LogP contribution < -0.4 is 10.6 Å². The third kappa shape index (κ3) is 5.84. The highest BCUT2D eigenvalue weighted by molar-refractivity contribution is 9.11. The van der Waals surface area contributed by atoms with Crippen LogP contribution in [0.3, 0.4) is 0 Å². The highest BCUT2D eigenvalue weighted by Crippen LogP contribution is 2.52.